The molecular weight excluding hydrogens is 360 g/mol. The van der Waals surface area contributed by atoms with E-state index in [2.05, 4.69) is 6.92 Å². The highest BCUT2D eigenvalue weighted by atomic mass is 16.6. The molecule has 156 valence electrons. The summed E-state index contributed by atoms with van der Waals surface area (Å²) in [5.74, 6) is 6.02. The second kappa shape index (κ2) is 5.56. The molecule has 0 radical (unpaired) electrons. The third-order valence-corrected chi connectivity index (χ3v) is 11.0. The Kier molecular flexibility index (Phi) is 3.37. The normalized spacial score (nSPS) is 52.7. The fourth-order valence-electron chi connectivity index (χ4n) is 9.95. The fraction of sp³-hybridized carbons (Fsp3) is 0.846. The van der Waals surface area contributed by atoms with Gasteiger partial charge in [-0.25, -0.2) is 0 Å². The molecule has 1 heterocycles. The van der Waals surface area contributed by atoms with Crippen molar-refractivity contribution >= 4 is 11.8 Å². The topological polar surface area (TPSA) is 43.4 Å². The van der Waals surface area contributed by atoms with Gasteiger partial charge in [-0.15, -0.1) is 0 Å². The number of ketones is 1. The van der Waals surface area contributed by atoms with Crippen LogP contribution in [0.4, 0.5) is 0 Å². The van der Waals surface area contributed by atoms with Crippen LogP contribution in [0.1, 0.15) is 84.0 Å². The highest BCUT2D eigenvalue weighted by Gasteiger charge is 2.80. The van der Waals surface area contributed by atoms with Crippen LogP contribution in [0, 0.1) is 46.8 Å². The molecule has 0 aromatic rings. The predicted molar refractivity (Wildman–Crippen MR) is 109 cm³/mol. The van der Waals surface area contributed by atoms with Gasteiger partial charge in [-0.1, -0.05) is 18.1 Å². The van der Waals surface area contributed by atoms with E-state index < -0.39 is 0 Å². The lowest BCUT2D eigenvalue weighted by atomic mass is 9.46. The highest BCUT2D eigenvalue weighted by molar-refractivity contribution is 5.83. The Morgan fingerprint density at radius 1 is 1.03 bits per heavy atom. The van der Waals surface area contributed by atoms with Crippen LogP contribution in [0.25, 0.3) is 0 Å². The largest absolute Gasteiger partial charge is 0.458 e. The van der Waals surface area contributed by atoms with Crippen molar-refractivity contribution in [2.75, 3.05) is 0 Å². The molecule has 7 rings (SSSR count). The number of carbonyl (C=O) groups is 2. The van der Waals surface area contributed by atoms with Gasteiger partial charge in [-0.3, -0.25) is 9.59 Å². The summed E-state index contributed by atoms with van der Waals surface area (Å²) >= 11 is 0. The van der Waals surface area contributed by atoms with Gasteiger partial charge in [-0.05, 0) is 93.3 Å². The van der Waals surface area contributed by atoms with E-state index in [1.54, 1.807) is 11.1 Å². The molecule has 4 saturated carbocycles. The molecule has 0 bridgehead atoms. The van der Waals surface area contributed by atoms with Crippen molar-refractivity contribution in [1.29, 1.82) is 0 Å². The average Bonchev–Trinajstić information content (AvgIpc) is 3.64. The smallest absolute Gasteiger partial charge is 0.306 e. The van der Waals surface area contributed by atoms with Crippen LogP contribution >= 0.6 is 0 Å². The van der Waals surface area contributed by atoms with E-state index >= 15 is 0 Å². The summed E-state index contributed by atoms with van der Waals surface area (Å²) in [5, 5.41) is 0. The molecule has 1 saturated heterocycles. The summed E-state index contributed by atoms with van der Waals surface area (Å²) in [6, 6.07) is 0. The summed E-state index contributed by atoms with van der Waals surface area (Å²) in [7, 11) is 0. The van der Waals surface area contributed by atoms with Gasteiger partial charge in [0.2, 0.25) is 0 Å². The first-order chi connectivity index (χ1) is 14.1. The third-order valence-electron chi connectivity index (χ3n) is 11.0. The van der Waals surface area contributed by atoms with Crippen LogP contribution in [-0.4, -0.2) is 17.4 Å². The maximum Gasteiger partial charge on any atom is 0.306 e. The summed E-state index contributed by atoms with van der Waals surface area (Å²) in [6.07, 6.45) is 13.3. The van der Waals surface area contributed by atoms with Gasteiger partial charge in [0.15, 0.2) is 0 Å². The highest BCUT2D eigenvalue weighted by Crippen LogP contribution is 2.80. The third kappa shape index (κ3) is 2.06. The Morgan fingerprint density at radius 3 is 2.62 bits per heavy atom. The lowest BCUT2D eigenvalue weighted by Gasteiger charge is -2.59. The molecule has 5 fully saturated rings. The minimum Gasteiger partial charge on any atom is -0.458 e. The number of allylic oxidation sites excluding steroid dienone is 2. The number of hydrogen-bond donors (Lipinski definition) is 0. The molecule has 6 unspecified atom stereocenters. The predicted octanol–water partition coefficient (Wildman–Crippen LogP) is 5.23. The summed E-state index contributed by atoms with van der Waals surface area (Å²) < 4.78 is 6.34. The molecule has 6 aliphatic carbocycles. The lowest BCUT2D eigenvalue weighted by molar-refractivity contribution is -0.178. The molecule has 0 aromatic heterocycles. The van der Waals surface area contributed by atoms with Gasteiger partial charge < -0.3 is 4.74 Å². The van der Waals surface area contributed by atoms with Crippen molar-refractivity contribution < 1.29 is 14.3 Å². The van der Waals surface area contributed by atoms with Crippen molar-refractivity contribution in [2.45, 2.75) is 89.6 Å². The Morgan fingerprint density at radius 2 is 1.90 bits per heavy atom. The van der Waals surface area contributed by atoms with E-state index in [0.29, 0.717) is 18.1 Å². The number of rotatable bonds is 2. The molecule has 0 amide bonds. The first kappa shape index (κ1) is 17.5. The Hall–Kier alpha value is -1.12. The standard InChI is InChI=1S/C26H34O3/c1-2-25-9-7-18-17-6-5-16(27)11-15(17)12-19(14-3-4-14)23(18)24(25)20-13-21(20)26(25)10-8-22(28)29-26/h14,18-21,23-24H,2-13H2,1H3/t18?,19?,20?,21?,23?,24?,25-,26-/m0/s1. The van der Waals surface area contributed by atoms with E-state index in [4.69, 9.17) is 4.74 Å². The van der Waals surface area contributed by atoms with Crippen LogP contribution in [0.2, 0.25) is 0 Å². The Bertz CT molecular complexity index is 837. The number of ether oxygens (including phenoxy) is 1. The molecule has 0 aromatic carbocycles. The number of fused-ring (bicyclic) bond motifs is 8. The van der Waals surface area contributed by atoms with E-state index in [9.17, 15) is 9.59 Å². The average molecular weight is 395 g/mol. The minimum atomic E-state index is -0.121. The number of Topliss-reactive ketones (excluding diaryl/α,β-unsaturated/α-hetero) is 1. The van der Waals surface area contributed by atoms with Gasteiger partial charge in [-0.2, -0.15) is 0 Å². The zero-order valence-corrected chi connectivity index (χ0v) is 17.8. The van der Waals surface area contributed by atoms with Crippen molar-refractivity contribution in [3.8, 4) is 0 Å². The molecule has 1 aliphatic heterocycles. The van der Waals surface area contributed by atoms with Gasteiger partial charge in [0.1, 0.15) is 11.4 Å². The van der Waals surface area contributed by atoms with Crippen molar-refractivity contribution in [3.63, 3.8) is 0 Å². The molecule has 3 nitrogen and oxygen atoms in total. The summed E-state index contributed by atoms with van der Waals surface area (Å²) in [4.78, 5) is 24.5. The van der Waals surface area contributed by atoms with E-state index in [-0.39, 0.29) is 17.0 Å². The van der Waals surface area contributed by atoms with Crippen LogP contribution in [0.3, 0.4) is 0 Å². The lowest BCUT2D eigenvalue weighted by Crippen LogP contribution is -2.57. The van der Waals surface area contributed by atoms with Crippen molar-refractivity contribution in [2.24, 2.45) is 46.8 Å². The minimum absolute atomic E-state index is 0.0735. The molecule has 0 N–H and O–H groups in total. The molecular formula is C26H34O3. The van der Waals surface area contributed by atoms with Gasteiger partial charge in [0, 0.05) is 30.6 Å². The summed E-state index contributed by atoms with van der Waals surface area (Å²) in [6.45, 7) is 2.39. The number of carbonyl (C=O) groups excluding carboxylic acids is 2. The van der Waals surface area contributed by atoms with Gasteiger partial charge in [0.05, 0.1) is 0 Å². The van der Waals surface area contributed by atoms with Crippen LogP contribution < -0.4 is 0 Å². The zero-order valence-electron chi connectivity index (χ0n) is 17.8. The monoisotopic (exact) mass is 394 g/mol. The second-order valence-electron chi connectivity index (χ2n) is 11.7. The van der Waals surface area contributed by atoms with Crippen LogP contribution in [0.15, 0.2) is 11.1 Å². The fourth-order valence-corrected chi connectivity index (χ4v) is 9.95. The molecule has 8 atom stereocenters. The molecule has 7 aliphatic rings. The Balaban J connectivity index is 1.34. The maximum atomic E-state index is 12.3. The van der Waals surface area contributed by atoms with Crippen LogP contribution in [-0.2, 0) is 14.3 Å². The zero-order chi connectivity index (χ0) is 19.5. The molecule has 1 spiro atoms. The quantitative estimate of drug-likeness (QED) is 0.476. The van der Waals surface area contributed by atoms with E-state index in [1.165, 1.54) is 44.9 Å². The second-order valence-corrected chi connectivity index (χ2v) is 11.7. The number of hydrogen-bond acceptors (Lipinski definition) is 3. The van der Waals surface area contributed by atoms with Crippen molar-refractivity contribution in [3.05, 3.63) is 11.1 Å². The first-order valence-electron chi connectivity index (χ1n) is 12.5. The maximum absolute atomic E-state index is 12.3. The SMILES string of the molecule is CC[C@]12CCC3C4=C(CC(=O)CC4)CC(C4CC4)C3C1C1CC1[C@@]21CCC(=O)O1. The van der Waals surface area contributed by atoms with E-state index in [1.807, 2.05) is 0 Å². The molecule has 29 heavy (non-hydrogen) atoms. The van der Waals surface area contributed by atoms with Gasteiger partial charge >= 0.3 is 5.97 Å². The van der Waals surface area contributed by atoms with Gasteiger partial charge in [0.25, 0.3) is 0 Å². The first-order valence-corrected chi connectivity index (χ1v) is 12.5. The number of esters is 1. The van der Waals surface area contributed by atoms with Crippen LogP contribution in [0.5, 0.6) is 0 Å². The summed E-state index contributed by atoms with van der Waals surface area (Å²) in [5.41, 5.74) is 3.40. The van der Waals surface area contributed by atoms with Crippen molar-refractivity contribution in [1.82, 2.24) is 0 Å². The Labute approximate surface area is 174 Å². The molecule has 3 heteroatoms. The van der Waals surface area contributed by atoms with E-state index in [0.717, 1.165) is 61.2 Å².